The Bertz CT molecular complexity index is 945. The summed E-state index contributed by atoms with van der Waals surface area (Å²) in [5.74, 6) is 1.89. The van der Waals surface area contributed by atoms with Crippen LogP contribution in [0.3, 0.4) is 0 Å². The van der Waals surface area contributed by atoms with Crippen molar-refractivity contribution in [3.05, 3.63) is 64.1 Å². The monoisotopic (exact) mass is 399 g/mol. The second-order valence-electron chi connectivity index (χ2n) is 5.81. The third kappa shape index (κ3) is 4.59. The van der Waals surface area contributed by atoms with E-state index in [1.165, 1.54) is 11.3 Å². The molecule has 0 unspecified atom stereocenters. The molecule has 146 valence electrons. The fourth-order valence-electron chi connectivity index (χ4n) is 2.58. The lowest BCUT2D eigenvalue weighted by atomic mass is 10.1. The van der Waals surface area contributed by atoms with Gasteiger partial charge >= 0.3 is 0 Å². The average molecular weight is 399 g/mol. The van der Waals surface area contributed by atoms with Gasteiger partial charge in [0.05, 0.1) is 32.0 Å². The maximum Gasteiger partial charge on any atom is 0.251 e. The van der Waals surface area contributed by atoms with E-state index in [-0.39, 0.29) is 5.91 Å². The summed E-state index contributed by atoms with van der Waals surface area (Å²) in [5, 5.41) is 4.73. The molecule has 1 heterocycles. The summed E-state index contributed by atoms with van der Waals surface area (Å²) < 4.78 is 16.6. The van der Waals surface area contributed by atoms with Gasteiger partial charge in [0.2, 0.25) is 0 Å². The van der Waals surface area contributed by atoms with Crippen molar-refractivity contribution in [2.24, 2.45) is 5.73 Å². The Morgan fingerprint density at radius 2 is 1.93 bits per heavy atom. The van der Waals surface area contributed by atoms with E-state index in [4.69, 9.17) is 19.9 Å². The van der Waals surface area contributed by atoms with Crippen molar-refractivity contribution in [3.8, 4) is 23.0 Å². The summed E-state index contributed by atoms with van der Waals surface area (Å²) in [6.07, 6.45) is 0. The number of carbonyl (C=O) groups is 1. The van der Waals surface area contributed by atoms with Crippen LogP contribution in [0.4, 0.5) is 0 Å². The number of hydrogen-bond donors (Lipinski definition) is 2. The van der Waals surface area contributed by atoms with Gasteiger partial charge in [-0.15, -0.1) is 11.3 Å². The predicted molar refractivity (Wildman–Crippen MR) is 107 cm³/mol. The van der Waals surface area contributed by atoms with Gasteiger partial charge in [0, 0.05) is 29.1 Å². The first kappa shape index (κ1) is 19.7. The molecular weight excluding hydrogens is 378 g/mol. The van der Waals surface area contributed by atoms with Gasteiger partial charge in [0.1, 0.15) is 11.5 Å². The summed E-state index contributed by atoms with van der Waals surface area (Å²) in [6.45, 7) is 0.726. The highest BCUT2D eigenvalue weighted by molar-refractivity contribution is 7.07. The van der Waals surface area contributed by atoms with Gasteiger partial charge < -0.3 is 25.3 Å². The van der Waals surface area contributed by atoms with Gasteiger partial charge in [-0.25, -0.2) is 4.98 Å². The average Bonchev–Trinajstić information content (AvgIpc) is 3.25. The van der Waals surface area contributed by atoms with Crippen molar-refractivity contribution in [3.63, 3.8) is 0 Å². The van der Waals surface area contributed by atoms with E-state index < -0.39 is 0 Å². The molecule has 2 aromatic carbocycles. The first-order chi connectivity index (χ1) is 13.6. The molecule has 0 fully saturated rings. The first-order valence-electron chi connectivity index (χ1n) is 8.52. The molecule has 7 nitrogen and oxygen atoms in total. The van der Waals surface area contributed by atoms with Crippen LogP contribution in [0, 0.1) is 0 Å². The zero-order chi connectivity index (χ0) is 19.9. The fourth-order valence-corrected chi connectivity index (χ4v) is 3.14. The highest BCUT2D eigenvalue weighted by Gasteiger charge is 2.13. The van der Waals surface area contributed by atoms with Crippen LogP contribution in [-0.4, -0.2) is 25.1 Å². The lowest BCUT2D eigenvalue weighted by Gasteiger charge is -2.14. The SMILES string of the molecule is COc1cc(Oc2cc(C(=O)NCc3cscn3)ccc2OC)ccc1CN. The zero-order valence-corrected chi connectivity index (χ0v) is 16.4. The Morgan fingerprint density at radius 3 is 2.61 bits per heavy atom. The Morgan fingerprint density at radius 1 is 1.11 bits per heavy atom. The summed E-state index contributed by atoms with van der Waals surface area (Å²) in [7, 11) is 3.12. The number of ether oxygens (including phenoxy) is 3. The van der Waals surface area contributed by atoms with Crippen molar-refractivity contribution in [2.45, 2.75) is 13.1 Å². The van der Waals surface area contributed by atoms with Gasteiger partial charge in [-0.3, -0.25) is 4.79 Å². The topological polar surface area (TPSA) is 95.7 Å². The molecule has 1 amide bonds. The molecule has 0 saturated carbocycles. The third-order valence-corrected chi connectivity index (χ3v) is 4.68. The first-order valence-corrected chi connectivity index (χ1v) is 9.47. The van der Waals surface area contributed by atoms with Crippen molar-refractivity contribution in [1.82, 2.24) is 10.3 Å². The van der Waals surface area contributed by atoms with Gasteiger partial charge in [0.25, 0.3) is 5.91 Å². The molecule has 28 heavy (non-hydrogen) atoms. The number of hydrogen-bond acceptors (Lipinski definition) is 7. The molecule has 0 aliphatic heterocycles. The van der Waals surface area contributed by atoms with E-state index in [2.05, 4.69) is 10.3 Å². The molecule has 0 atom stereocenters. The summed E-state index contributed by atoms with van der Waals surface area (Å²) in [6, 6.07) is 10.4. The normalized spacial score (nSPS) is 10.4. The molecule has 0 aliphatic carbocycles. The number of thiazole rings is 1. The van der Waals surface area contributed by atoms with Crippen LogP contribution in [0.25, 0.3) is 0 Å². The molecule has 3 rings (SSSR count). The van der Waals surface area contributed by atoms with E-state index in [1.54, 1.807) is 50.1 Å². The molecule has 1 aromatic heterocycles. The van der Waals surface area contributed by atoms with Crippen LogP contribution in [0.2, 0.25) is 0 Å². The van der Waals surface area contributed by atoms with E-state index in [1.807, 2.05) is 11.4 Å². The lowest BCUT2D eigenvalue weighted by molar-refractivity contribution is 0.0950. The number of benzene rings is 2. The largest absolute Gasteiger partial charge is 0.496 e. The quantitative estimate of drug-likeness (QED) is 0.603. The highest BCUT2D eigenvalue weighted by Crippen LogP contribution is 2.34. The number of rotatable bonds is 8. The zero-order valence-electron chi connectivity index (χ0n) is 15.6. The Balaban J connectivity index is 1.80. The predicted octanol–water partition coefficient (Wildman–Crippen LogP) is 3.34. The highest BCUT2D eigenvalue weighted by atomic mass is 32.1. The number of nitrogens with zero attached hydrogens (tertiary/aromatic N) is 1. The number of amides is 1. The van der Waals surface area contributed by atoms with E-state index in [9.17, 15) is 4.79 Å². The van der Waals surface area contributed by atoms with Gasteiger partial charge in [-0.2, -0.15) is 0 Å². The Labute approximate surface area is 167 Å². The molecule has 0 bridgehead atoms. The molecule has 3 N–H and O–H groups in total. The van der Waals surface area contributed by atoms with Gasteiger partial charge in [0.15, 0.2) is 11.5 Å². The van der Waals surface area contributed by atoms with Crippen LogP contribution >= 0.6 is 11.3 Å². The molecular formula is C20H21N3O4S. The number of aromatic nitrogens is 1. The van der Waals surface area contributed by atoms with E-state index in [0.29, 0.717) is 41.7 Å². The number of nitrogens with one attached hydrogen (secondary N) is 1. The van der Waals surface area contributed by atoms with Crippen molar-refractivity contribution < 1.29 is 19.0 Å². The minimum Gasteiger partial charge on any atom is -0.496 e. The van der Waals surface area contributed by atoms with Gasteiger partial charge in [-0.1, -0.05) is 6.07 Å². The maximum absolute atomic E-state index is 12.5. The number of carbonyl (C=O) groups excluding carboxylic acids is 1. The summed E-state index contributed by atoms with van der Waals surface area (Å²) in [5.41, 5.74) is 9.57. The minimum absolute atomic E-state index is 0.225. The molecule has 0 radical (unpaired) electrons. The second-order valence-corrected chi connectivity index (χ2v) is 6.53. The summed E-state index contributed by atoms with van der Waals surface area (Å²) in [4.78, 5) is 16.6. The molecule has 0 aliphatic rings. The van der Waals surface area contributed by atoms with Crippen LogP contribution in [-0.2, 0) is 13.1 Å². The van der Waals surface area contributed by atoms with Crippen LogP contribution in [0.15, 0.2) is 47.3 Å². The number of nitrogens with two attached hydrogens (primary N) is 1. The van der Waals surface area contributed by atoms with Crippen molar-refractivity contribution in [1.29, 1.82) is 0 Å². The third-order valence-electron chi connectivity index (χ3n) is 4.05. The number of methoxy groups -OCH3 is 2. The second kappa shape index (κ2) is 9.20. The molecule has 0 saturated heterocycles. The van der Waals surface area contributed by atoms with Crippen molar-refractivity contribution in [2.75, 3.05) is 14.2 Å². The fraction of sp³-hybridized carbons (Fsp3) is 0.200. The van der Waals surface area contributed by atoms with E-state index >= 15 is 0 Å². The molecule has 0 spiro atoms. The maximum atomic E-state index is 12.5. The summed E-state index contributed by atoms with van der Waals surface area (Å²) >= 11 is 1.48. The Kier molecular flexibility index (Phi) is 6.46. The molecule has 8 heteroatoms. The van der Waals surface area contributed by atoms with Gasteiger partial charge in [-0.05, 0) is 24.3 Å². The van der Waals surface area contributed by atoms with Crippen molar-refractivity contribution >= 4 is 17.2 Å². The van der Waals surface area contributed by atoms with Crippen LogP contribution in [0.1, 0.15) is 21.6 Å². The minimum atomic E-state index is -0.225. The molecule has 3 aromatic rings. The smallest absolute Gasteiger partial charge is 0.251 e. The standard InChI is InChI=1S/C20H21N3O4S/c1-25-17-6-4-13(20(24)22-10-15-11-28-12-23-15)7-19(17)27-16-5-3-14(9-21)18(8-16)26-2/h3-8,11-12H,9-10,21H2,1-2H3,(H,22,24). The van der Waals surface area contributed by atoms with Crippen LogP contribution in [0.5, 0.6) is 23.0 Å². The Hall–Kier alpha value is -3.10. The van der Waals surface area contributed by atoms with Crippen LogP contribution < -0.4 is 25.3 Å². The van der Waals surface area contributed by atoms with E-state index in [0.717, 1.165) is 11.3 Å². The lowest BCUT2D eigenvalue weighted by Crippen LogP contribution is -2.22.